The van der Waals surface area contributed by atoms with E-state index in [9.17, 15) is 5.11 Å². The first-order valence-electron chi connectivity index (χ1n) is 5.65. The van der Waals surface area contributed by atoms with Crippen LogP contribution in [0.5, 0.6) is 0 Å². The predicted octanol–water partition coefficient (Wildman–Crippen LogP) is 3.31. The Morgan fingerprint density at radius 2 is 1.75 bits per heavy atom. The minimum absolute atomic E-state index is 0.402. The summed E-state index contributed by atoms with van der Waals surface area (Å²) in [5.41, 5.74) is 6.27. The molecule has 0 spiro atoms. The molecule has 2 aromatic carbocycles. The molecular weight excluding hydrogens is 196 g/mol. The van der Waals surface area contributed by atoms with Gasteiger partial charge in [0.1, 0.15) is 0 Å². The zero-order chi connectivity index (χ0) is 11.1. The lowest BCUT2D eigenvalue weighted by molar-refractivity contribution is 0.200. The van der Waals surface area contributed by atoms with Crippen LogP contribution in [0.15, 0.2) is 42.5 Å². The van der Waals surface area contributed by atoms with Crippen molar-refractivity contribution in [3.8, 4) is 11.1 Å². The molecule has 0 aliphatic heterocycles. The Bertz CT molecular complexity index is 541. The number of hydrogen-bond donors (Lipinski definition) is 1. The van der Waals surface area contributed by atoms with Crippen LogP contribution in [0, 0.1) is 0 Å². The summed E-state index contributed by atoms with van der Waals surface area (Å²) in [5, 5.41) is 9.81. The van der Waals surface area contributed by atoms with Gasteiger partial charge in [-0.05, 0) is 41.2 Å². The van der Waals surface area contributed by atoms with E-state index in [1.54, 1.807) is 0 Å². The highest BCUT2D eigenvalue weighted by molar-refractivity contribution is 5.79. The van der Waals surface area contributed by atoms with Crippen LogP contribution < -0.4 is 0 Å². The quantitative estimate of drug-likeness (QED) is 0.653. The van der Waals surface area contributed by atoms with Crippen LogP contribution >= 0.6 is 0 Å². The molecule has 1 atom stereocenters. The molecule has 2 aromatic rings. The van der Waals surface area contributed by atoms with E-state index < -0.39 is 6.10 Å². The second-order valence-corrected chi connectivity index (χ2v) is 4.39. The zero-order valence-corrected chi connectivity index (χ0v) is 9.27. The summed E-state index contributed by atoms with van der Waals surface area (Å²) in [5.74, 6) is 0. The van der Waals surface area contributed by atoms with Crippen molar-refractivity contribution in [3.63, 3.8) is 0 Å². The second-order valence-electron chi connectivity index (χ2n) is 4.39. The van der Waals surface area contributed by atoms with Crippen molar-refractivity contribution in [2.75, 3.05) is 0 Å². The normalized spacial score (nSPS) is 14.4. The maximum absolute atomic E-state index is 9.81. The van der Waals surface area contributed by atoms with Gasteiger partial charge in [-0.1, -0.05) is 42.5 Å². The van der Waals surface area contributed by atoms with Crippen LogP contribution in [0.3, 0.4) is 0 Å². The fraction of sp³-hybridized carbons (Fsp3) is 0.200. The third-order valence-corrected chi connectivity index (χ3v) is 3.30. The maximum Gasteiger partial charge on any atom is 0.0768 e. The lowest BCUT2D eigenvalue weighted by Crippen LogP contribution is -1.95. The van der Waals surface area contributed by atoms with E-state index in [1.807, 2.05) is 19.1 Å². The van der Waals surface area contributed by atoms with Crippen molar-refractivity contribution in [1.29, 1.82) is 0 Å². The first-order valence-corrected chi connectivity index (χ1v) is 5.65. The van der Waals surface area contributed by atoms with Gasteiger partial charge >= 0.3 is 0 Å². The van der Waals surface area contributed by atoms with Crippen LogP contribution in [-0.2, 0) is 6.42 Å². The minimum atomic E-state index is -0.402. The highest BCUT2D eigenvalue weighted by Gasteiger charge is 2.21. The summed E-state index contributed by atoms with van der Waals surface area (Å²) in [6, 6.07) is 14.7. The maximum atomic E-state index is 9.81. The standard InChI is InChI=1S/C15H14O/c1-10(16)13-8-4-6-12-9-11-5-2-3-7-14(11)15(12)13/h2-8,10,16H,9H2,1H3. The molecule has 0 saturated carbocycles. The Balaban J connectivity index is 2.29. The number of aliphatic hydroxyl groups is 1. The molecule has 0 radical (unpaired) electrons. The SMILES string of the molecule is CC(O)c1cccc2c1-c1ccccc1C2. The number of rotatable bonds is 1. The molecule has 16 heavy (non-hydrogen) atoms. The molecule has 80 valence electrons. The average molecular weight is 210 g/mol. The van der Waals surface area contributed by atoms with Crippen LogP contribution in [0.4, 0.5) is 0 Å². The number of fused-ring (bicyclic) bond motifs is 3. The first kappa shape index (κ1) is 9.61. The molecule has 0 saturated heterocycles. The van der Waals surface area contributed by atoms with Crippen LogP contribution in [0.25, 0.3) is 11.1 Å². The molecule has 1 nitrogen and oxygen atoms in total. The van der Waals surface area contributed by atoms with Crippen LogP contribution in [-0.4, -0.2) is 5.11 Å². The van der Waals surface area contributed by atoms with Crippen molar-refractivity contribution in [3.05, 3.63) is 59.2 Å². The van der Waals surface area contributed by atoms with E-state index in [2.05, 4.69) is 30.3 Å². The van der Waals surface area contributed by atoms with E-state index in [-0.39, 0.29) is 0 Å². The smallest absolute Gasteiger partial charge is 0.0768 e. The van der Waals surface area contributed by atoms with Gasteiger partial charge in [0.15, 0.2) is 0 Å². The van der Waals surface area contributed by atoms with Gasteiger partial charge < -0.3 is 5.11 Å². The molecule has 0 heterocycles. The summed E-state index contributed by atoms with van der Waals surface area (Å²) in [4.78, 5) is 0. The zero-order valence-electron chi connectivity index (χ0n) is 9.27. The molecule has 3 rings (SSSR count). The Kier molecular flexibility index (Phi) is 2.08. The van der Waals surface area contributed by atoms with Crippen molar-refractivity contribution in [2.24, 2.45) is 0 Å². The highest BCUT2D eigenvalue weighted by atomic mass is 16.3. The van der Waals surface area contributed by atoms with E-state index in [1.165, 1.54) is 22.3 Å². The third-order valence-electron chi connectivity index (χ3n) is 3.30. The Morgan fingerprint density at radius 3 is 2.56 bits per heavy atom. The largest absolute Gasteiger partial charge is 0.389 e. The van der Waals surface area contributed by atoms with Gasteiger partial charge in [-0.3, -0.25) is 0 Å². The van der Waals surface area contributed by atoms with E-state index >= 15 is 0 Å². The fourth-order valence-corrected chi connectivity index (χ4v) is 2.57. The monoisotopic (exact) mass is 210 g/mol. The molecule has 1 N–H and O–H groups in total. The van der Waals surface area contributed by atoms with Crippen LogP contribution in [0.1, 0.15) is 29.7 Å². The predicted molar refractivity (Wildman–Crippen MR) is 65.3 cm³/mol. The van der Waals surface area contributed by atoms with Gasteiger partial charge in [0.2, 0.25) is 0 Å². The average Bonchev–Trinajstić information content (AvgIpc) is 2.66. The van der Waals surface area contributed by atoms with Gasteiger partial charge in [0.25, 0.3) is 0 Å². The van der Waals surface area contributed by atoms with Crippen LogP contribution in [0.2, 0.25) is 0 Å². The van der Waals surface area contributed by atoms with E-state index in [0.29, 0.717) is 0 Å². The van der Waals surface area contributed by atoms with Crippen molar-refractivity contribution in [1.82, 2.24) is 0 Å². The summed E-state index contributed by atoms with van der Waals surface area (Å²) in [7, 11) is 0. The van der Waals surface area contributed by atoms with Gasteiger partial charge in [-0.2, -0.15) is 0 Å². The van der Waals surface area contributed by atoms with Gasteiger partial charge in [0, 0.05) is 0 Å². The third kappa shape index (κ3) is 1.29. The molecule has 0 bridgehead atoms. The Morgan fingerprint density at radius 1 is 1.00 bits per heavy atom. The molecule has 0 aromatic heterocycles. The fourth-order valence-electron chi connectivity index (χ4n) is 2.57. The number of hydrogen-bond acceptors (Lipinski definition) is 1. The summed E-state index contributed by atoms with van der Waals surface area (Å²) < 4.78 is 0. The Labute approximate surface area is 95.4 Å². The molecule has 1 aliphatic carbocycles. The first-order chi connectivity index (χ1) is 7.77. The molecule has 1 unspecified atom stereocenters. The summed E-state index contributed by atoms with van der Waals surface area (Å²) in [6.45, 7) is 1.83. The highest BCUT2D eigenvalue weighted by Crippen LogP contribution is 2.40. The van der Waals surface area contributed by atoms with E-state index in [0.717, 1.165) is 12.0 Å². The van der Waals surface area contributed by atoms with Gasteiger partial charge in [0.05, 0.1) is 6.10 Å². The van der Waals surface area contributed by atoms with E-state index in [4.69, 9.17) is 0 Å². The minimum Gasteiger partial charge on any atom is -0.389 e. The van der Waals surface area contributed by atoms with Crippen molar-refractivity contribution < 1.29 is 5.11 Å². The van der Waals surface area contributed by atoms with Gasteiger partial charge in [-0.15, -0.1) is 0 Å². The van der Waals surface area contributed by atoms with Crippen molar-refractivity contribution >= 4 is 0 Å². The molecular formula is C15H14O. The lowest BCUT2D eigenvalue weighted by atomic mass is 9.97. The number of benzene rings is 2. The molecule has 0 fully saturated rings. The number of aliphatic hydroxyl groups excluding tert-OH is 1. The molecule has 1 heteroatoms. The lowest BCUT2D eigenvalue weighted by Gasteiger charge is -2.11. The molecule has 0 amide bonds. The van der Waals surface area contributed by atoms with Crippen molar-refractivity contribution in [2.45, 2.75) is 19.4 Å². The van der Waals surface area contributed by atoms with Gasteiger partial charge in [-0.25, -0.2) is 0 Å². The summed E-state index contributed by atoms with van der Waals surface area (Å²) >= 11 is 0. The Hall–Kier alpha value is -1.60. The molecule has 1 aliphatic rings. The summed E-state index contributed by atoms with van der Waals surface area (Å²) in [6.07, 6.45) is 0.590. The second kappa shape index (κ2) is 3.46. The topological polar surface area (TPSA) is 20.2 Å².